The molecule has 1 amide bonds. The molecule has 0 aliphatic carbocycles. The molecule has 2 aliphatic heterocycles. The third-order valence-corrected chi connectivity index (χ3v) is 6.59. The van der Waals surface area contributed by atoms with Gasteiger partial charge in [-0.05, 0) is 49.7 Å². The minimum Gasteiger partial charge on any atom is -0.392 e. The quantitative estimate of drug-likeness (QED) is 0.431. The van der Waals surface area contributed by atoms with Gasteiger partial charge < -0.3 is 30.1 Å². The van der Waals surface area contributed by atoms with E-state index in [2.05, 4.69) is 15.5 Å². The highest BCUT2D eigenvalue weighted by Crippen LogP contribution is 2.28. The number of piperidine rings is 1. The van der Waals surface area contributed by atoms with Crippen LogP contribution in [0.1, 0.15) is 18.4 Å². The summed E-state index contributed by atoms with van der Waals surface area (Å²) in [7, 11) is 0. The van der Waals surface area contributed by atoms with Gasteiger partial charge in [-0.2, -0.15) is 0 Å². The Kier molecular flexibility index (Phi) is 8.37. The van der Waals surface area contributed by atoms with Crippen LogP contribution in [0.2, 0.25) is 0 Å². The fourth-order valence-corrected chi connectivity index (χ4v) is 4.58. The summed E-state index contributed by atoms with van der Waals surface area (Å²) in [5.41, 5.74) is 3.96. The molecule has 0 radical (unpaired) electrons. The van der Waals surface area contributed by atoms with Crippen LogP contribution in [-0.4, -0.2) is 73.1 Å². The Labute approximate surface area is 216 Å². The topological polar surface area (TPSA) is 109 Å². The molecule has 9 nitrogen and oxygen atoms in total. The second-order valence-electron chi connectivity index (χ2n) is 9.28. The maximum Gasteiger partial charge on any atom is 0.250 e. The lowest BCUT2D eigenvalue weighted by molar-refractivity contribution is -0.123. The fourth-order valence-electron chi connectivity index (χ4n) is 4.58. The molecule has 0 spiro atoms. The molecule has 2 fully saturated rings. The van der Waals surface area contributed by atoms with Gasteiger partial charge in [-0.1, -0.05) is 30.3 Å². The zero-order valence-corrected chi connectivity index (χ0v) is 20.9. The summed E-state index contributed by atoms with van der Waals surface area (Å²) in [4.78, 5) is 24.5. The number of nitrogens with one attached hydrogen (secondary N) is 2. The maximum absolute atomic E-state index is 12.5. The Morgan fingerprint density at radius 1 is 1.05 bits per heavy atom. The number of anilines is 2. The zero-order chi connectivity index (χ0) is 25.5. The van der Waals surface area contributed by atoms with Crippen molar-refractivity contribution in [3.05, 3.63) is 60.2 Å². The van der Waals surface area contributed by atoms with E-state index in [1.165, 1.54) is 0 Å². The second-order valence-corrected chi connectivity index (χ2v) is 9.28. The first kappa shape index (κ1) is 25.3. The van der Waals surface area contributed by atoms with E-state index < -0.39 is 0 Å². The van der Waals surface area contributed by atoms with Crippen LogP contribution in [0.3, 0.4) is 0 Å². The Morgan fingerprint density at radius 2 is 1.84 bits per heavy atom. The van der Waals surface area contributed by atoms with Gasteiger partial charge in [0.15, 0.2) is 5.82 Å². The second kappa shape index (κ2) is 12.2. The number of nitrogens with zero attached hydrogens (tertiary/aromatic N) is 3. The van der Waals surface area contributed by atoms with Crippen molar-refractivity contribution in [2.45, 2.75) is 25.6 Å². The number of benzene rings is 2. The molecule has 3 aromatic rings. The highest BCUT2D eigenvalue weighted by Gasteiger charge is 2.18. The van der Waals surface area contributed by atoms with E-state index in [0.717, 1.165) is 67.2 Å². The number of hydrogen-bond acceptors (Lipinski definition) is 8. The van der Waals surface area contributed by atoms with E-state index in [0.29, 0.717) is 24.7 Å². The smallest absolute Gasteiger partial charge is 0.250 e. The van der Waals surface area contributed by atoms with Crippen molar-refractivity contribution >= 4 is 17.4 Å². The van der Waals surface area contributed by atoms with E-state index in [-0.39, 0.29) is 25.2 Å². The number of hydrogen-bond donors (Lipinski definition) is 3. The highest BCUT2D eigenvalue weighted by atomic mass is 16.5. The van der Waals surface area contributed by atoms with Crippen LogP contribution in [0, 0.1) is 0 Å². The van der Waals surface area contributed by atoms with Crippen LogP contribution < -0.4 is 15.5 Å². The van der Waals surface area contributed by atoms with Gasteiger partial charge in [-0.3, -0.25) is 4.79 Å². The lowest BCUT2D eigenvalue weighted by Crippen LogP contribution is -2.36. The van der Waals surface area contributed by atoms with Crippen molar-refractivity contribution in [3.8, 4) is 22.6 Å². The lowest BCUT2D eigenvalue weighted by atomic mass is 10.1. The fraction of sp³-hybridized carbons (Fsp3) is 0.393. The number of rotatable bonds is 8. The normalized spacial score (nSPS) is 16.5. The Hall–Kier alpha value is -3.37. The van der Waals surface area contributed by atoms with Gasteiger partial charge in [0.1, 0.15) is 12.4 Å². The first-order valence-corrected chi connectivity index (χ1v) is 12.8. The molecule has 5 rings (SSSR count). The van der Waals surface area contributed by atoms with Gasteiger partial charge in [-0.25, -0.2) is 9.97 Å². The van der Waals surface area contributed by atoms with Crippen molar-refractivity contribution < 1.29 is 19.4 Å². The van der Waals surface area contributed by atoms with Gasteiger partial charge in [0.2, 0.25) is 5.91 Å². The molecule has 3 heterocycles. The zero-order valence-electron chi connectivity index (χ0n) is 20.9. The van der Waals surface area contributed by atoms with Gasteiger partial charge in [-0.15, -0.1) is 0 Å². The SMILES string of the molecule is O=C(COC1CCNCC1)Nc1cccc(-c2nc(-c3cccc(CO)c3)cc(N3CCOCC3)n2)c1. The predicted octanol–water partition coefficient (Wildman–Crippen LogP) is 2.85. The average Bonchev–Trinajstić information content (AvgIpc) is 2.97. The molecule has 0 unspecified atom stereocenters. The summed E-state index contributed by atoms with van der Waals surface area (Å²) < 4.78 is 11.3. The predicted molar refractivity (Wildman–Crippen MR) is 142 cm³/mol. The number of ether oxygens (including phenoxy) is 2. The van der Waals surface area contributed by atoms with Crippen LogP contribution in [-0.2, 0) is 20.9 Å². The summed E-state index contributed by atoms with van der Waals surface area (Å²) in [6, 6.07) is 17.3. The Bertz CT molecular complexity index is 1210. The monoisotopic (exact) mass is 503 g/mol. The van der Waals surface area contributed by atoms with E-state index in [1.54, 1.807) is 0 Å². The number of aliphatic hydroxyl groups excluding tert-OH is 1. The Balaban J connectivity index is 1.39. The molecular formula is C28H33N5O4. The lowest BCUT2D eigenvalue weighted by Gasteiger charge is -2.28. The molecule has 0 saturated carbocycles. The number of carbonyl (C=O) groups is 1. The summed E-state index contributed by atoms with van der Waals surface area (Å²) in [6.07, 6.45) is 1.96. The average molecular weight is 504 g/mol. The van der Waals surface area contributed by atoms with Crippen LogP contribution in [0.25, 0.3) is 22.6 Å². The van der Waals surface area contributed by atoms with Gasteiger partial charge in [0.25, 0.3) is 0 Å². The van der Waals surface area contributed by atoms with Crippen molar-refractivity contribution in [2.75, 3.05) is 56.2 Å². The van der Waals surface area contributed by atoms with Crippen LogP contribution >= 0.6 is 0 Å². The summed E-state index contributed by atoms with van der Waals surface area (Å²) in [5.74, 6) is 1.21. The molecule has 37 heavy (non-hydrogen) atoms. The molecule has 1 aromatic heterocycles. The number of carbonyl (C=O) groups excluding carboxylic acids is 1. The van der Waals surface area contributed by atoms with Crippen LogP contribution in [0.15, 0.2) is 54.6 Å². The first-order valence-electron chi connectivity index (χ1n) is 12.8. The molecular weight excluding hydrogens is 470 g/mol. The van der Waals surface area contributed by atoms with E-state index in [9.17, 15) is 9.90 Å². The largest absolute Gasteiger partial charge is 0.392 e. The highest BCUT2D eigenvalue weighted by molar-refractivity contribution is 5.92. The van der Waals surface area contributed by atoms with Crippen molar-refractivity contribution in [1.29, 1.82) is 0 Å². The first-order chi connectivity index (χ1) is 18.2. The van der Waals surface area contributed by atoms with Gasteiger partial charge in [0.05, 0.1) is 31.6 Å². The van der Waals surface area contributed by atoms with Crippen LogP contribution in [0.5, 0.6) is 0 Å². The molecule has 2 saturated heterocycles. The van der Waals surface area contributed by atoms with E-state index in [4.69, 9.17) is 19.4 Å². The van der Waals surface area contributed by atoms with Crippen molar-refractivity contribution in [1.82, 2.24) is 15.3 Å². The maximum atomic E-state index is 12.5. The molecule has 2 aliphatic rings. The minimum absolute atomic E-state index is 0.0310. The van der Waals surface area contributed by atoms with Crippen molar-refractivity contribution in [3.63, 3.8) is 0 Å². The molecule has 3 N–H and O–H groups in total. The van der Waals surface area contributed by atoms with Crippen molar-refractivity contribution in [2.24, 2.45) is 0 Å². The van der Waals surface area contributed by atoms with Crippen LogP contribution in [0.4, 0.5) is 11.5 Å². The molecule has 0 atom stereocenters. The number of amides is 1. The Morgan fingerprint density at radius 3 is 2.65 bits per heavy atom. The van der Waals surface area contributed by atoms with E-state index >= 15 is 0 Å². The third kappa shape index (κ3) is 6.69. The summed E-state index contributed by atoms with van der Waals surface area (Å²) in [6.45, 7) is 4.63. The number of aliphatic hydroxyl groups is 1. The number of morpholine rings is 1. The number of aromatic nitrogens is 2. The molecule has 9 heteroatoms. The molecule has 2 aromatic carbocycles. The standard InChI is InChI=1S/C28H33N5O4/c34-18-20-3-1-4-21(15-20)25-17-26(33-11-13-36-14-12-33)32-28(31-25)22-5-2-6-23(16-22)30-27(35)19-37-24-7-9-29-10-8-24/h1-6,15-17,24,29,34H,7-14,18-19H2,(H,30,35). The summed E-state index contributed by atoms with van der Waals surface area (Å²) >= 11 is 0. The van der Waals surface area contributed by atoms with Gasteiger partial charge in [0, 0.05) is 36.0 Å². The third-order valence-electron chi connectivity index (χ3n) is 6.59. The minimum atomic E-state index is -0.180. The summed E-state index contributed by atoms with van der Waals surface area (Å²) in [5, 5.41) is 15.9. The van der Waals surface area contributed by atoms with Gasteiger partial charge >= 0.3 is 0 Å². The molecule has 194 valence electrons. The molecule has 0 bridgehead atoms. The van der Waals surface area contributed by atoms with E-state index in [1.807, 2.05) is 54.6 Å².